The quantitative estimate of drug-likeness (QED) is 0.444. The maximum atomic E-state index is 9.55. The Morgan fingerprint density at radius 2 is 1.71 bits per heavy atom. The molecule has 2 unspecified atom stereocenters. The molecular formula is C12H24O2. The Morgan fingerprint density at radius 3 is 2.29 bits per heavy atom. The zero-order valence-corrected chi connectivity index (χ0v) is 9.28. The van der Waals surface area contributed by atoms with Gasteiger partial charge in [-0.2, -0.15) is 0 Å². The number of unbranched alkanes of at least 4 members (excludes halogenated alkanes) is 2. The van der Waals surface area contributed by atoms with Gasteiger partial charge in [0.15, 0.2) is 0 Å². The highest BCUT2D eigenvalue weighted by molar-refractivity contribution is 4.77. The molecule has 0 saturated carbocycles. The third-order valence-electron chi connectivity index (χ3n) is 2.45. The first-order valence-electron chi connectivity index (χ1n) is 5.69. The van der Waals surface area contributed by atoms with E-state index in [1.807, 2.05) is 0 Å². The molecule has 0 aromatic rings. The molecule has 0 aliphatic carbocycles. The third-order valence-corrected chi connectivity index (χ3v) is 2.45. The van der Waals surface area contributed by atoms with E-state index in [1.54, 1.807) is 6.08 Å². The van der Waals surface area contributed by atoms with E-state index < -0.39 is 6.10 Å². The minimum Gasteiger partial charge on any atom is -0.393 e. The van der Waals surface area contributed by atoms with E-state index in [-0.39, 0.29) is 6.10 Å². The lowest BCUT2D eigenvalue weighted by molar-refractivity contribution is 0.138. The Kier molecular flexibility index (Phi) is 9.00. The Balaban J connectivity index is 3.25. The lowest BCUT2D eigenvalue weighted by atomic mass is 10.0. The number of rotatable bonds is 9. The van der Waals surface area contributed by atoms with Crippen molar-refractivity contribution in [3.63, 3.8) is 0 Å². The van der Waals surface area contributed by atoms with Crippen molar-refractivity contribution in [1.82, 2.24) is 0 Å². The molecule has 0 rings (SSSR count). The highest BCUT2D eigenvalue weighted by Gasteiger charge is 2.04. The minimum absolute atomic E-state index is 0.182. The molecule has 14 heavy (non-hydrogen) atoms. The van der Waals surface area contributed by atoms with E-state index in [2.05, 4.69) is 13.5 Å². The smallest absolute Gasteiger partial charge is 0.0718 e. The van der Waals surface area contributed by atoms with Crippen LogP contribution in [-0.2, 0) is 0 Å². The number of hydrogen-bond acceptors (Lipinski definition) is 2. The van der Waals surface area contributed by atoms with Gasteiger partial charge >= 0.3 is 0 Å². The Hall–Kier alpha value is -0.340. The lowest BCUT2D eigenvalue weighted by Gasteiger charge is -2.10. The molecular weight excluding hydrogens is 176 g/mol. The van der Waals surface area contributed by atoms with E-state index in [0.29, 0.717) is 6.42 Å². The monoisotopic (exact) mass is 200 g/mol. The van der Waals surface area contributed by atoms with Crippen LogP contribution in [0.1, 0.15) is 51.9 Å². The standard InChI is InChI=1S/C12H24O2/c1-3-5-6-8-12(14)10-7-9-11(13)4-2/h4,11-14H,2-3,5-10H2,1H3. The molecule has 2 nitrogen and oxygen atoms in total. The molecule has 0 bridgehead atoms. The van der Waals surface area contributed by atoms with E-state index in [4.69, 9.17) is 0 Å². The first-order chi connectivity index (χ1) is 6.70. The van der Waals surface area contributed by atoms with E-state index in [9.17, 15) is 10.2 Å². The zero-order valence-electron chi connectivity index (χ0n) is 9.28. The molecule has 0 aliphatic rings. The minimum atomic E-state index is -0.405. The molecule has 0 aromatic heterocycles. The first-order valence-corrected chi connectivity index (χ1v) is 5.69. The summed E-state index contributed by atoms with van der Waals surface area (Å²) in [5, 5.41) is 18.7. The number of aliphatic hydroxyl groups is 2. The van der Waals surface area contributed by atoms with E-state index in [0.717, 1.165) is 25.7 Å². The van der Waals surface area contributed by atoms with E-state index >= 15 is 0 Å². The zero-order chi connectivity index (χ0) is 10.8. The summed E-state index contributed by atoms with van der Waals surface area (Å²) in [7, 11) is 0. The summed E-state index contributed by atoms with van der Waals surface area (Å²) in [6, 6.07) is 0. The van der Waals surface area contributed by atoms with Crippen LogP contribution in [0.15, 0.2) is 12.7 Å². The van der Waals surface area contributed by atoms with Crippen LogP contribution >= 0.6 is 0 Å². The van der Waals surface area contributed by atoms with Crippen LogP contribution in [-0.4, -0.2) is 22.4 Å². The van der Waals surface area contributed by atoms with Gasteiger partial charge in [0.2, 0.25) is 0 Å². The van der Waals surface area contributed by atoms with Gasteiger partial charge in [0, 0.05) is 0 Å². The van der Waals surface area contributed by atoms with Crippen LogP contribution in [0, 0.1) is 0 Å². The van der Waals surface area contributed by atoms with Crippen LogP contribution in [0.5, 0.6) is 0 Å². The maximum absolute atomic E-state index is 9.55. The second-order valence-corrected chi connectivity index (χ2v) is 3.88. The average Bonchev–Trinajstić information content (AvgIpc) is 2.18. The van der Waals surface area contributed by atoms with Gasteiger partial charge in [-0.25, -0.2) is 0 Å². The largest absolute Gasteiger partial charge is 0.393 e. The van der Waals surface area contributed by atoms with Gasteiger partial charge in [0.05, 0.1) is 12.2 Å². The Bertz CT molecular complexity index is 134. The average molecular weight is 200 g/mol. The molecule has 2 heteroatoms. The summed E-state index contributed by atoms with van der Waals surface area (Å²) in [6.07, 6.45) is 7.76. The van der Waals surface area contributed by atoms with Gasteiger partial charge in [0.1, 0.15) is 0 Å². The fraction of sp³-hybridized carbons (Fsp3) is 0.833. The van der Waals surface area contributed by atoms with Gasteiger partial charge in [-0.1, -0.05) is 32.3 Å². The predicted molar refractivity (Wildman–Crippen MR) is 60.2 cm³/mol. The van der Waals surface area contributed by atoms with Crippen LogP contribution in [0.3, 0.4) is 0 Å². The summed E-state index contributed by atoms with van der Waals surface area (Å²) in [5.41, 5.74) is 0. The van der Waals surface area contributed by atoms with Gasteiger partial charge in [-0.05, 0) is 25.7 Å². The Labute approximate surface area is 87.7 Å². The second kappa shape index (κ2) is 9.22. The fourth-order valence-corrected chi connectivity index (χ4v) is 1.45. The molecule has 0 radical (unpaired) electrons. The summed E-state index contributed by atoms with van der Waals surface area (Å²) >= 11 is 0. The maximum Gasteiger partial charge on any atom is 0.0718 e. The fourth-order valence-electron chi connectivity index (χ4n) is 1.45. The SMILES string of the molecule is C=CC(O)CCCC(O)CCCCC. The lowest BCUT2D eigenvalue weighted by Crippen LogP contribution is -2.08. The van der Waals surface area contributed by atoms with Gasteiger partial charge in [0.25, 0.3) is 0 Å². The third kappa shape index (κ3) is 8.27. The molecule has 0 spiro atoms. The van der Waals surface area contributed by atoms with Crippen molar-refractivity contribution in [3.8, 4) is 0 Å². The van der Waals surface area contributed by atoms with Crippen molar-refractivity contribution in [2.24, 2.45) is 0 Å². The highest BCUT2D eigenvalue weighted by atomic mass is 16.3. The summed E-state index contributed by atoms with van der Waals surface area (Å²) in [5.74, 6) is 0. The molecule has 2 N–H and O–H groups in total. The Morgan fingerprint density at radius 1 is 1.07 bits per heavy atom. The van der Waals surface area contributed by atoms with Gasteiger partial charge in [-0.3, -0.25) is 0 Å². The van der Waals surface area contributed by atoms with Crippen LogP contribution in [0.4, 0.5) is 0 Å². The first kappa shape index (κ1) is 13.7. The molecule has 0 heterocycles. The molecule has 2 atom stereocenters. The highest BCUT2D eigenvalue weighted by Crippen LogP contribution is 2.10. The summed E-state index contributed by atoms with van der Waals surface area (Å²) < 4.78 is 0. The van der Waals surface area contributed by atoms with Gasteiger partial charge in [-0.15, -0.1) is 6.58 Å². The van der Waals surface area contributed by atoms with Crippen molar-refractivity contribution in [2.75, 3.05) is 0 Å². The topological polar surface area (TPSA) is 40.5 Å². The normalized spacial score (nSPS) is 15.1. The molecule has 0 amide bonds. The molecule has 0 fully saturated rings. The van der Waals surface area contributed by atoms with Crippen LogP contribution in [0.2, 0.25) is 0 Å². The second-order valence-electron chi connectivity index (χ2n) is 3.88. The summed E-state index contributed by atoms with van der Waals surface area (Å²) in [4.78, 5) is 0. The van der Waals surface area contributed by atoms with Crippen molar-refractivity contribution >= 4 is 0 Å². The summed E-state index contributed by atoms with van der Waals surface area (Å²) in [6.45, 7) is 5.67. The van der Waals surface area contributed by atoms with E-state index in [1.165, 1.54) is 12.8 Å². The van der Waals surface area contributed by atoms with Crippen molar-refractivity contribution in [3.05, 3.63) is 12.7 Å². The molecule has 0 saturated heterocycles. The number of aliphatic hydroxyl groups excluding tert-OH is 2. The molecule has 0 aromatic carbocycles. The van der Waals surface area contributed by atoms with Crippen molar-refractivity contribution in [2.45, 2.75) is 64.1 Å². The molecule has 84 valence electrons. The van der Waals surface area contributed by atoms with Crippen molar-refractivity contribution in [1.29, 1.82) is 0 Å². The van der Waals surface area contributed by atoms with Gasteiger partial charge < -0.3 is 10.2 Å². The van der Waals surface area contributed by atoms with Crippen LogP contribution < -0.4 is 0 Å². The molecule has 0 aliphatic heterocycles. The van der Waals surface area contributed by atoms with Crippen LogP contribution in [0.25, 0.3) is 0 Å². The number of hydrogen-bond donors (Lipinski definition) is 2. The van der Waals surface area contributed by atoms with Crippen molar-refractivity contribution < 1.29 is 10.2 Å². The predicted octanol–water partition coefficient (Wildman–Crippen LogP) is 2.64.